The second-order valence-corrected chi connectivity index (χ2v) is 2.85. The molecule has 0 aliphatic heterocycles. The summed E-state index contributed by atoms with van der Waals surface area (Å²) >= 11 is 0. The lowest BCUT2D eigenvalue weighted by Crippen LogP contribution is -1.83. The molecule has 0 amide bonds. The van der Waals surface area contributed by atoms with Crippen LogP contribution in [0, 0.1) is 0 Å². The second kappa shape index (κ2) is 10.7. The topological polar surface area (TPSA) is 29.5 Å². The van der Waals surface area contributed by atoms with Gasteiger partial charge in [-0.15, -0.1) is 0 Å². The Kier molecular flexibility index (Phi) is 10.4. The standard InChI is InChI=1S/C10H20O2/c1-12-10-8-6-4-2-3-5-7-9-11/h6,8,11H,2-5,7,9-10H2,1H3. The third kappa shape index (κ3) is 9.66. The van der Waals surface area contributed by atoms with E-state index in [-0.39, 0.29) is 0 Å². The molecule has 72 valence electrons. The van der Waals surface area contributed by atoms with Gasteiger partial charge < -0.3 is 9.84 Å². The van der Waals surface area contributed by atoms with Gasteiger partial charge in [0.2, 0.25) is 0 Å². The molecule has 0 aromatic heterocycles. The summed E-state index contributed by atoms with van der Waals surface area (Å²) in [5.74, 6) is 0. The van der Waals surface area contributed by atoms with Gasteiger partial charge in [-0.3, -0.25) is 0 Å². The van der Waals surface area contributed by atoms with E-state index in [4.69, 9.17) is 9.84 Å². The summed E-state index contributed by atoms with van der Waals surface area (Å²) in [6, 6.07) is 0. The van der Waals surface area contributed by atoms with Crippen LogP contribution >= 0.6 is 0 Å². The van der Waals surface area contributed by atoms with Crippen LogP contribution in [0.5, 0.6) is 0 Å². The highest BCUT2D eigenvalue weighted by Gasteiger charge is 1.86. The zero-order valence-electron chi connectivity index (χ0n) is 7.96. The number of allylic oxidation sites excluding steroid dienone is 1. The minimum absolute atomic E-state index is 0.333. The van der Waals surface area contributed by atoms with Crippen molar-refractivity contribution in [1.29, 1.82) is 0 Å². The van der Waals surface area contributed by atoms with Gasteiger partial charge in [0.05, 0.1) is 6.61 Å². The third-order valence-corrected chi connectivity index (χ3v) is 1.71. The van der Waals surface area contributed by atoms with Crippen LogP contribution in [-0.2, 0) is 4.74 Å². The molecule has 0 saturated carbocycles. The first-order chi connectivity index (χ1) is 5.91. The molecule has 0 rings (SSSR count). The fourth-order valence-corrected chi connectivity index (χ4v) is 1.01. The molecule has 0 bridgehead atoms. The average molecular weight is 172 g/mol. The van der Waals surface area contributed by atoms with E-state index in [0.29, 0.717) is 6.61 Å². The molecule has 1 N–H and O–H groups in total. The van der Waals surface area contributed by atoms with Gasteiger partial charge in [0, 0.05) is 13.7 Å². The first kappa shape index (κ1) is 11.7. The van der Waals surface area contributed by atoms with Gasteiger partial charge in [-0.1, -0.05) is 25.0 Å². The lowest BCUT2D eigenvalue weighted by Gasteiger charge is -1.95. The number of rotatable bonds is 8. The summed E-state index contributed by atoms with van der Waals surface area (Å²) < 4.78 is 4.87. The first-order valence-electron chi connectivity index (χ1n) is 4.66. The number of unbranched alkanes of at least 4 members (excludes halogenated alkanes) is 4. The molecular weight excluding hydrogens is 152 g/mol. The van der Waals surface area contributed by atoms with E-state index in [9.17, 15) is 0 Å². The smallest absolute Gasteiger partial charge is 0.0643 e. The van der Waals surface area contributed by atoms with E-state index >= 15 is 0 Å². The molecule has 0 aliphatic carbocycles. The summed E-state index contributed by atoms with van der Waals surface area (Å²) in [7, 11) is 1.70. The molecule has 0 aromatic carbocycles. The molecule has 0 fully saturated rings. The number of hydrogen-bond donors (Lipinski definition) is 1. The summed E-state index contributed by atoms with van der Waals surface area (Å²) in [6.45, 7) is 1.05. The molecule has 2 heteroatoms. The van der Waals surface area contributed by atoms with Crippen LogP contribution in [-0.4, -0.2) is 25.4 Å². The minimum atomic E-state index is 0.333. The number of ether oxygens (including phenoxy) is 1. The van der Waals surface area contributed by atoms with Gasteiger partial charge in [0.1, 0.15) is 0 Å². The molecule has 0 heterocycles. The molecule has 2 nitrogen and oxygen atoms in total. The number of aliphatic hydroxyl groups excluding tert-OH is 1. The second-order valence-electron chi connectivity index (χ2n) is 2.85. The maximum atomic E-state index is 8.51. The van der Waals surface area contributed by atoms with Gasteiger partial charge in [-0.05, 0) is 19.3 Å². The van der Waals surface area contributed by atoms with Crippen molar-refractivity contribution < 1.29 is 9.84 Å². The van der Waals surface area contributed by atoms with Crippen LogP contribution in [0.25, 0.3) is 0 Å². The SMILES string of the molecule is COCC=CCCCCCCO. The Morgan fingerprint density at radius 3 is 2.50 bits per heavy atom. The molecule has 0 spiro atoms. The molecule has 0 aromatic rings. The molecule has 0 aliphatic rings. The van der Waals surface area contributed by atoms with Gasteiger partial charge >= 0.3 is 0 Å². The lowest BCUT2D eigenvalue weighted by molar-refractivity contribution is 0.233. The van der Waals surface area contributed by atoms with Crippen molar-refractivity contribution in [3.63, 3.8) is 0 Å². The van der Waals surface area contributed by atoms with Crippen LogP contribution in [0.3, 0.4) is 0 Å². The van der Waals surface area contributed by atoms with E-state index in [2.05, 4.69) is 6.08 Å². The Bertz CT molecular complexity index is 100. The van der Waals surface area contributed by atoms with Crippen LogP contribution in [0.4, 0.5) is 0 Å². The Labute approximate surface area is 75.2 Å². The molecular formula is C10H20O2. The molecule has 0 saturated heterocycles. The summed E-state index contributed by atoms with van der Waals surface area (Å²) in [5.41, 5.74) is 0. The Morgan fingerprint density at radius 1 is 1.08 bits per heavy atom. The Morgan fingerprint density at radius 2 is 1.83 bits per heavy atom. The van der Waals surface area contributed by atoms with Gasteiger partial charge in [0.15, 0.2) is 0 Å². The van der Waals surface area contributed by atoms with E-state index in [0.717, 1.165) is 25.9 Å². The van der Waals surface area contributed by atoms with E-state index in [1.54, 1.807) is 7.11 Å². The van der Waals surface area contributed by atoms with Crippen molar-refractivity contribution in [3.05, 3.63) is 12.2 Å². The van der Waals surface area contributed by atoms with Gasteiger partial charge in [-0.2, -0.15) is 0 Å². The van der Waals surface area contributed by atoms with Crippen molar-refractivity contribution in [3.8, 4) is 0 Å². The van der Waals surface area contributed by atoms with Gasteiger partial charge in [0.25, 0.3) is 0 Å². The van der Waals surface area contributed by atoms with E-state index in [1.807, 2.05) is 6.08 Å². The van der Waals surface area contributed by atoms with Crippen LogP contribution < -0.4 is 0 Å². The lowest BCUT2D eigenvalue weighted by atomic mass is 10.1. The van der Waals surface area contributed by atoms with Crippen molar-refractivity contribution >= 4 is 0 Å². The zero-order chi connectivity index (χ0) is 9.07. The fraction of sp³-hybridized carbons (Fsp3) is 0.800. The number of methoxy groups -OCH3 is 1. The van der Waals surface area contributed by atoms with Crippen molar-refractivity contribution in [2.45, 2.75) is 32.1 Å². The van der Waals surface area contributed by atoms with Gasteiger partial charge in [-0.25, -0.2) is 0 Å². The van der Waals surface area contributed by atoms with Crippen LogP contribution in [0.15, 0.2) is 12.2 Å². The Balaban J connectivity index is 2.90. The molecule has 0 atom stereocenters. The quantitative estimate of drug-likeness (QED) is 0.449. The first-order valence-corrected chi connectivity index (χ1v) is 4.66. The monoisotopic (exact) mass is 172 g/mol. The molecule has 0 unspecified atom stereocenters. The predicted molar refractivity (Wildman–Crippen MR) is 51.2 cm³/mol. The normalized spacial score (nSPS) is 11.2. The largest absolute Gasteiger partial charge is 0.396 e. The maximum absolute atomic E-state index is 8.51. The fourth-order valence-electron chi connectivity index (χ4n) is 1.01. The summed E-state index contributed by atoms with van der Waals surface area (Å²) in [4.78, 5) is 0. The predicted octanol–water partition coefficient (Wildman–Crippen LogP) is 2.13. The summed E-state index contributed by atoms with van der Waals surface area (Å²) in [5, 5.41) is 8.51. The third-order valence-electron chi connectivity index (χ3n) is 1.71. The molecule has 12 heavy (non-hydrogen) atoms. The van der Waals surface area contributed by atoms with Crippen molar-refractivity contribution in [2.75, 3.05) is 20.3 Å². The maximum Gasteiger partial charge on any atom is 0.0643 e. The zero-order valence-corrected chi connectivity index (χ0v) is 7.96. The number of hydrogen-bond acceptors (Lipinski definition) is 2. The highest BCUT2D eigenvalue weighted by atomic mass is 16.5. The highest BCUT2D eigenvalue weighted by molar-refractivity contribution is 4.80. The average Bonchev–Trinajstić information content (AvgIpc) is 2.10. The van der Waals surface area contributed by atoms with E-state index in [1.165, 1.54) is 12.8 Å². The van der Waals surface area contributed by atoms with E-state index < -0.39 is 0 Å². The Hall–Kier alpha value is -0.340. The van der Waals surface area contributed by atoms with Crippen molar-refractivity contribution in [2.24, 2.45) is 0 Å². The minimum Gasteiger partial charge on any atom is -0.396 e. The molecule has 0 radical (unpaired) electrons. The van der Waals surface area contributed by atoms with Crippen molar-refractivity contribution in [1.82, 2.24) is 0 Å². The highest BCUT2D eigenvalue weighted by Crippen LogP contribution is 2.02. The van der Waals surface area contributed by atoms with Crippen LogP contribution in [0.2, 0.25) is 0 Å². The summed E-state index contributed by atoms with van der Waals surface area (Å²) in [6.07, 6.45) is 9.87. The van der Waals surface area contributed by atoms with Crippen LogP contribution in [0.1, 0.15) is 32.1 Å². The number of aliphatic hydroxyl groups is 1.